The number of hydrogen-bond acceptors (Lipinski definition) is 2. The summed E-state index contributed by atoms with van der Waals surface area (Å²) in [6.07, 6.45) is 0.968. The molecule has 0 aromatic heterocycles. The van der Waals surface area contributed by atoms with Crippen molar-refractivity contribution in [1.29, 1.82) is 0 Å². The highest BCUT2D eigenvalue weighted by atomic mass is 19.1. The van der Waals surface area contributed by atoms with E-state index in [4.69, 9.17) is 0 Å². The minimum Gasteiger partial charge on any atom is -0.505 e. The Morgan fingerprint density at radius 1 is 1.54 bits per heavy atom. The highest BCUT2D eigenvalue weighted by molar-refractivity contribution is 5.40. The van der Waals surface area contributed by atoms with Gasteiger partial charge in [0.2, 0.25) is 0 Å². The van der Waals surface area contributed by atoms with Gasteiger partial charge in [-0.1, -0.05) is 12.1 Å². The summed E-state index contributed by atoms with van der Waals surface area (Å²) >= 11 is 0. The Balaban J connectivity index is 2.41. The van der Waals surface area contributed by atoms with Gasteiger partial charge in [-0.25, -0.2) is 4.39 Å². The van der Waals surface area contributed by atoms with E-state index in [9.17, 15) is 9.50 Å². The fraction of sp³-hybridized carbons (Fsp3) is 0.400. The molecule has 0 amide bonds. The standard InChI is InChI=1S/C10H12FNO/c1-6-2-3-7(8-4-5-12-8)10(13)9(6)11/h2-3,8,12-13H,4-5H2,1H3/t8-/m0/s1. The Labute approximate surface area is 76.4 Å². The number of phenolic OH excluding ortho intramolecular Hbond substituents is 1. The molecule has 1 aromatic carbocycles. The van der Waals surface area contributed by atoms with Crippen molar-refractivity contribution in [2.45, 2.75) is 19.4 Å². The Kier molecular flexibility index (Phi) is 1.96. The van der Waals surface area contributed by atoms with Crippen molar-refractivity contribution >= 4 is 0 Å². The first-order chi connectivity index (χ1) is 6.20. The smallest absolute Gasteiger partial charge is 0.168 e. The van der Waals surface area contributed by atoms with Gasteiger partial charge in [0.1, 0.15) is 0 Å². The van der Waals surface area contributed by atoms with Gasteiger partial charge in [-0.05, 0) is 25.5 Å². The minimum atomic E-state index is -0.494. The van der Waals surface area contributed by atoms with Crippen LogP contribution in [0.2, 0.25) is 0 Å². The molecule has 1 aliphatic heterocycles. The van der Waals surface area contributed by atoms with E-state index >= 15 is 0 Å². The predicted molar refractivity (Wildman–Crippen MR) is 48.2 cm³/mol. The summed E-state index contributed by atoms with van der Waals surface area (Å²) in [4.78, 5) is 0. The largest absolute Gasteiger partial charge is 0.505 e. The first kappa shape index (κ1) is 8.51. The second kappa shape index (κ2) is 3.00. The summed E-state index contributed by atoms with van der Waals surface area (Å²) in [5.74, 6) is -0.691. The van der Waals surface area contributed by atoms with E-state index in [1.54, 1.807) is 19.1 Å². The second-order valence-electron chi connectivity index (χ2n) is 3.43. The molecule has 0 spiro atoms. The van der Waals surface area contributed by atoms with Gasteiger partial charge < -0.3 is 10.4 Å². The monoisotopic (exact) mass is 181 g/mol. The maximum Gasteiger partial charge on any atom is 0.168 e. The number of phenols is 1. The van der Waals surface area contributed by atoms with Crippen molar-refractivity contribution in [2.75, 3.05) is 6.54 Å². The molecule has 2 nitrogen and oxygen atoms in total. The van der Waals surface area contributed by atoms with E-state index in [2.05, 4.69) is 5.32 Å². The van der Waals surface area contributed by atoms with Crippen LogP contribution in [0.25, 0.3) is 0 Å². The molecule has 1 saturated heterocycles. The first-order valence-electron chi connectivity index (χ1n) is 4.41. The molecule has 0 radical (unpaired) electrons. The Hall–Kier alpha value is -1.09. The molecular formula is C10H12FNO. The molecule has 2 rings (SSSR count). The predicted octanol–water partition coefficient (Wildman–Crippen LogP) is 1.87. The molecule has 3 heteroatoms. The number of aryl methyl sites for hydroxylation is 1. The van der Waals surface area contributed by atoms with Crippen LogP contribution < -0.4 is 5.32 Å². The summed E-state index contributed by atoms with van der Waals surface area (Å²) in [5.41, 5.74) is 1.16. The van der Waals surface area contributed by atoms with E-state index in [1.165, 1.54) is 0 Å². The lowest BCUT2D eigenvalue weighted by atomic mass is 9.96. The zero-order chi connectivity index (χ0) is 9.42. The topological polar surface area (TPSA) is 32.3 Å². The maximum atomic E-state index is 13.2. The van der Waals surface area contributed by atoms with E-state index in [-0.39, 0.29) is 11.8 Å². The van der Waals surface area contributed by atoms with Crippen LogP contribution in [0.4, 0.5) is 4.39 Å². The lowest BCUT2D eigenvalue weighted by molar-refractivity contribution is 0.354. The molecule has 1 atom stereocenters. The molecular weight excluding hydrogens is 169 g/mol. The minimum absolute atomic E-state index is 0.134. The molecule has 1 fully saturated rings. The van der Waals surface area contributed by atoms with Crippen molar-refractivity contribution in [3.05, 3.63) is 29.1 Å². The third-order valence-electron chi connectivity index (χ3n) is 2.54. The number of nitrogens with one attached hydrogen (secondary N) is 1. The molecule has 2 N–H and O–H groups in total. The molecule has 13 heavy (non-hydrogen) atoms. The van der Waals surface area contributed by atoms with Crippen molar-refractivity contribution in [3.8, 4) is 5.75 Å². The fourth-order valence-electron chi connectivity index (χ4n) is 1.52. The van der Waals surface area contributed by atoms with Crippen LogP contribution in [0.5, 0.6) is 5.75 Å². The highest BCUT2D eigenvalue weighted by Crippen LogP contribution is 2.33. The van der Waals surface area contributed by atoms with E-state index < -0.39 is 5.82 Å². The van der Waals surface area contributed by atoms with Gasteiger partial charge in [0.15, 0.2) is 11.6 Å². The van der Waals surface area contributed by atoms with Crippen LogP contribution in [0, 0.1) is 12.7 Å². The zero-order valence-corrected chi connectivity index (χ0v) is 7.47. The molecule has 0 unspecified atom stereocenters. The lowest BCUT2D eigenvalue weighted by Gasteiger charge is -2.28. The molecule has 1 heterocycles. The molecule has 1 aromatic rings. The lowest BCUT2D eigenvalue weighted by Crippen LogP contribution is -2.35. The first-order valence-corrected chi connectivity index (χ1v) is 4.41. The average Bonchev–Trinajstić information content (AvgIpc) is 2.03. The van der Waals surface area contributed by atoms with Gasteiger partial charge in [-0.2, -0.15) is 0 Å². The fourth-order valence-corrected chi connectivity index (χ4v) is 1.52. The van der Waals surface area contributed by atoms with E-state index in [0.29, 0.717) is 11.1 Å². The summed E-state index contributed by atoms with van der Waals surface area (Å²) in [7, 11) is 0. The summed E-state index contributed by atoms with van der Waals surface area (Å²) in [5, 5.41) is 12.6. The quantitative estimate of drug-likeness (QED) is 0.693. The maximum absolute atomic E-state index is 13.2. The Morgan fingerprint density at radius 3 is 2.77 bits per heavy atom. The third kappa shape index (κ3) is 1.29. The van der Waals surface area contributed by atoms with E-state index in [1.807, 2.05) is 0 Å². The second-order valence-corrected chi connectivity index (χ2v) is 3.43. The number of aromatic hydroxyl groups is 1. The van der Waals surface area contributed by atoms with Crippen LogP contribution in [-0.2, 0) is 0 Å². The van der Waals surface area contributed by atoms with Gasteiger partial charge in [0.05, 0.1) is 0 Å². The van der Waals surface area contributed by atoms with Crippen molar-refractivity contribution in [2.24, 2.45) is 0 Å². The molecule has 0 bridgehead atoms. The molecule has 0 saturated carbocycles. The highest BCUT2D eigenvalue weighted by Gasteiger charge is 2.23. The summed E-state index contributed by atoms with van der Waals surface area (Å²) in [6, 6.07) is 3.62. The summed E-state index contributed by atoms with van der Waals surface area (Å²) in [6.45, 7) is 2.59. The van der Waals surface area contributed by atoms with Crippen LogP contribution in [0.3, 0.4) is 0 Å². The van der Waals surface area contributed by atoms with E-state index in [0.717, 1.165) is 13.0 Å². The Morgan fingerprint density at radius 2 is 2.23 bits per heavy atom. The number of benzene rings is 1. The van der Waals surface area contributed by atoms with Gasteiger partial charge in [-0.3, -0.25) is 0 Å². The molecule has 70 valence electrons. The van der Waals surface area contributed by atoms with Crippen molar-refractivity contribution in [1.82, 2.24) is 5.32 Å². The number of halogens is 1. The summed E-state index contributed by atoms with van der Waals surface area (Å²) < 4.78 is 13.2. The molecule has 0 aliphatic carbocycles. The van der Waals surface area contributed by atoms with Crippen molar-refractivity contribution < 1.29 is 9.50 Å². The number of hydrogen-bond donors (Lipinski definition) is 2. The zero-order valence-electron chi connectivity index (χ0n) is 7.47. The third-order valence-corrected chi connectivity index (χ3v) is 2.54. The SMILES string of the molecule is Cc1ccc([C@@H]2CCN2)c(O)c1F. The Bertz CT molecular complexity index is 334. The van der Waals surface area contributed by atoms with Crippen LogP contribution >= 0.6 is 0 Å². The average molecular weight is 181 g/mol. The number of rotatable bonds is 1. The van der Waals surface area contributed by atoms with Crippen LogP contribution in [0.15, 0.2) is 12.1 Å². The van der Waals surface area contributed by atoms with Crippen molar-refractivity contribution in [3.63, 3.8) is 0 Å². The normalized spacial score (nSPS) is 21.2. The van der Waals surface area contributed by atoms with Gasteiger partial charge in [0, 0.05) is 11.6 Å². The molecule has 1 aliphatic rings. The van der Waals surface area contributed by atoms with Gasteiger partial charge in [0.25, 0.3) is 0 Å². The van der Waals surface area contributed by atoms with Crippen LogP contribution in [-0.4, -0.2) is 11.7 Å². The van der Waals surface area contributed by atoms with Gasteiger partial charge >= 0.3 is 0 Å². The van der Waals surface area contributed by atoms with Crippen LogP contribution in [0.1, 0.15) is 23.6 Å². The van der Waals surface area contributed by atoms with Gasteiger partial charge in [-0.15, -0.1) is 0 Å².